The Bertz CT molecular complexity index is 374. The highest BCUT2D eigenvalue weighted by Gasteiger charge is 2.38. The van der Waals surface area contributed by atoms with E-state index >= 15 is 0 Å². The van der Waals surface area contributed by atoms with Crippen molar-refractivity contribution >= 4 is 22.9 Å². The third kappa shape index (κ3) is 3.04. The second kappa shape index (κ2) is 5.29. The first kappa shape index (κ1) is 13.4. The Balaban J connectivity index is 2.12. The Labute approximate surface area is 113 Å². The molecule has 2 unspecified atom stereocenters. The lowest BCUT2D eigenvalue weighted by molar-refractivity contribution is -0.0212. The maximum Gasteiger partial charge on any atom is 0.100 e. The second-order valence-corrected chi connectivity index (χ2v) is 7.04. The zero-order valence-corrected chi connectivity index (χ0v) is 12.2. The molecule has 2 atom stereocenters. The Morgan fingerprint density at radius 1 is 1.59 bits per heavy atom. The lowest BCUT2D eigenvalue weighted by atomic mass is 9.74. The van der Waals surface area contributed by atoms with Crippen molar-refractivity contribution in [1.82, 2.24) is 0 Å². The summed E-state index contributed by atoms with van der Waals surface area (Å²) < 4.78 is 0. The molecule has 1 fully saturated rings. The molecule has 0 radical (unpaired) electrons. The Kier molecular flexibility index (Phi) is 4.17. The van der Waals surface area contributed by atoms with Crippen LogP contribution in [0, 0.1) is 11.8 Å². The number of aliphatic hydroxyl groups is 1. The Morgan fingerprint density at radius 2 is 2.35 bits per heavy atom. The van der Waals surface area contributed by atoms with Gasteiger partial charge in [0.1, 0.15) is 5.60 Å². The van der Waals surface area contributed by atoms with E-state index in [9.17, 15) is 5.11 Å². The minimum atomic E-state index is -0.664. The van der Waals surface area contributed by atoms with Gasteiger partial charge in [0.05, 0.1) is 9.90 Å². The molecule has 17 heavy (non-hydrogen) atoms. The second-order valence-electron chi connectivity index (χ2n) is 5.72. The smallest absolute Gasteiger partial charge is 0.100 e. The van der Waals surface area contributed by atoms with Crippen molar-refractivity contribution in [2.75, 3.05) is 0 Å². The molecule has 0 saturated heterocycles. The van der Waals surface area contributed by atoms with Gasteiger partial charge in [-0.15, -0.1) is 11.3 Å². The van der Waals surface area contributed by atoms with Gasteiger partial charge >= 0.3 is 0 Å². The molecule has 0 aliphatic heterocycles. The third-order valence-electron chi connectivity index (χ3n) is 3.67. The molecule has 1 aliphatic rings. The first-order chi connectivity index (χ1) is 8.01. The molecular formula is C14H21ClOS. The van der Waals surface area contributed by atoms with E-state index in [-0.39, 0.29) is 0 Å². The molecule has 1 heterocycles. The van der Waals surface area contributed by atoms with Crippen LogP contribution in [0.1, 0.15) is 50.8 Å². The minimum Gasteiger partial charge on any atom is -0.384 e. The molecule has 0 amide bonds. The van der Waals surface area contributed by atoms with Gasteiger partial charge in [0.25, 0.3) is 0 Å². The average Bonchev–Trinajstić information content (AvgIpc) is 2.64. The van der Waals surface area contributed by atoms with Crippen LogP contribution in [0.2, 0.25) is 5.02 Å². The quantitative estimate of drug-likeness (QED) is 0.836. The summed E-state index contributed by atoms with van der Waals surface area (Å²) in [5.74, 6) is 1.35. The van der Waals surface area contributed by atoms with E-state index in [0.29, 0.717) is 11.8 Å². The van der Waals surface area contributed by atoms with Crippen molar-refractivity contribution < 1.29 is 5.11 Å². The molecule has 3 heteroatoms. The molecule has 1 aromatic rings. The highest BCUT2D eigenvalue weighted by atomic mass is 35.5. The Hall–Kier alpha value is -0.0500. The van der Waals surface area contributed by atoms with E-state index in [1.165, 1.54) is 12.8 Å². The summed E-state index contributed by atoms with van der Waals surface area (Å²) in [6.45, 7) is 4.51. The monoisotopic (exact) mass is 272 g/mol. The molecule has 1 saturated carbocycles. The molecule has 1 aromatic heterocycles. The molecule has 2 rings (SSSR count). The van der Waals surface area contributed by atoms with E-state index < -0.39 is 5.60 Å². The lowest BCUT2D eigenvalue weighted by Gasteiger charge is -2.37. The number of hydrogen-bond donors (Lipinski definition) is 1. The normalized spacial score (nSPS) is 29.8. The highest BCUT2D eigenvalue weighted by molar-refractivity contribution is 7.10. The summed E-state index contributed by atoms with van der Waals surface area (Å²) in [7, 11) is 0. The van der Waals surface area contributed by atoms with Gasteiger partial charge in [-0.2, -0.15) is 0 Å². The van der Waals surface area contributed by atoms with Gasteiger partial charge in [0, 0.05) is 0 Å². The fourth-order valence-corrected chi connectivity index (χ4v) is 4.44. The topological polar surface area (TPSA) is 20.2 Å². The van der Waals surface area contributed by atoms with Crippen molar-refractivity contribution in [3.8, 4) is 0 Å². The fraction of sp³-hybridized carbons (Fsp3) is 0.714. The van der Waals surface area contributed by atoms with Crippen LogP contribution in [0.4, 0.5) is 0 Å². The first-order valence-corrected chi connectivity index (χ1v) is 7.73. The van der Waals surface area contributed by atoms with Gasteiger partial charge in [-0.1, -0.05) is 31.9 Å². The molecule has 0 aromatic carbocycles. The van der Waals surface area contributed by atoms with Crippen LogP contribution in [0.15, 0.2) is 11.4 Å². The van der Waals surface area contributed by atoms with Gasteiger partial charge in [-0.25, -0.2) is 0 Å². The highest BCUT2D eigenvalue weighted by Crippen LogP contribution is 2.46. The van der Waals surface area contributed by atoms with Crippen molar-refractivity contribution in [1.29, 1.82) is 0 Å². The van der Waals surface area contributed by atoms with Crippen LogP contribution in [-0.4, -0.2) is 5.11 Å². The summed E-state index contributed by atoms with van der Waals surface area (Å²) in [4.78, 5) is 0.979. The van der Waals surface area contributed by atoms with Gasteiger partial charge in [-0.05, 0) is 49.0 Å². The van der Waals surface area contributed by atoms with Gasteiger partial charge in [0.2, 0.25) is 0 Å². The van der Waals surface area contributed by atoms with Gasteiger partial charge in [-0.3, -0.25) is 0 Å². The lowest BCUT2D eigenvalue weighted by Crippen LogP contribution is -2.32. The molecule has 1 aliphatic carbocycles. The van der Waals surface area contributed by atoms with Crippen LogP contribution < -0.4 is 0 Å². The predicted molar refractivity (Wildman–Crippen MR) is 74.6 cm³/mol. The summed E-state index contributed by atoms with van der Waals surface area (Å²) in [6.07, 6.45) is 5.32. The van der Waals surface area contributed by atoms with Crippen molar-refractivity contribution in [2.24, 2.45) is 11.8 Å². The molecule has 96 valence electrons. The van der Waals surface area contributed by atoms with E-state index in [2.05, 4.69) is 13.8 Å². The molecule has 1 N–H and O–H groups in total. The maximum absolute atomic E-state index is 10.8. The minimum absolute atomic E-state index is 0.645. The van der Waals surface area contributed by atoms with Gasteiger partial charge < -0.3 is 5.11 Å². The van der Waals surface area contributed by atoms with Crippen LogP contribution in [0.25, 0.3) is 0 Å². The number of thiophene rings is 1. The first-order valence-electron chi connectivity index (χ1n) is 6.47. The molecule has 0 spiro atoms. The van der Waals surface area contributed by atoms with E-state index in [0.717, 1.165) is 29.2 Å². The summed E-state index contributed by atoms with van der Waals surface area (Å²) >= 11 is 7.76. The fourth-order valence-electron chi connectivity index (χ4n) is 3.06. The number of rotatable bonds is 3. The van der Waals surface area contributed by atoms with Crippen LogP contribution >= 0.6 is 22.9 Å². The summed E-state index contributed by atoms with van der Waals surface area (Å²) in [5.41, 5.74) is -0.664. The van der Waals surface area contributed by atoms with Crippen molar-refractivity contribution in [3.63, 3.8) is 0 Å². The zero-order chi connectivity index (χ0) is 12.5. The number of hydrogen-bond acceptors (Lipinski definition) is 2. The van der Waals surface area contributed by atoms with Gasteiger partial charge in [0.15, 0.2) is 0 Å². The summed E-state index contributed by atoms with van der Waals surface area (Å²) in [6, 6.07) is 1.89. The largest absolute Gasteiger partial charge is 0.384 e. The van der Waals surface area contributed by atoms with Crippen molar-refractivity contribution in [2.45, 2.75) is 51.6 Å². The van der Waals surface area contributed by atoms with Crippen LogP contribution in [0.5, 0.6) is 0 Å². The zero-order valence-electron chi connectivity index (χ0n) is 10.6. The summed E-state index contributed by atoms with van der Waals surface area (Å²) in [5, 5.41) is 13.5. The molecule has 0 bridgehead atoms. The van der Waals surface area contributed by atoms with E-state index in [1.54, 1.807) is 11.3 Å². The maximum atomic E-state index is 10.8. The SMILES string of the molecule is CC(C)CC1CCCC(O)(c2sccc2Cl)C1. The predicted octanol–water partition coefficient (Wildman–Crippen LogP) is 4.83. The third-order valence-corrected chi connectivity index (χ3v) is 5.21. The van der Waals surface area contributed by atoms with Crippen molar-refractivity contribution in [3.05, 3.63) is 21.3 Å². The van der Waals surface area contributed by atoms with Crippen LogP contribution in [0.3, 0.4) is 0 Å². The van der Waals surface area contributed by atoms with E-state index in [1.807, 2.05) is 11.4 Å². The van der Waals surface area contributed by atoms with Crippen LogP contribution in [-0.2, 0) is 5.60 Å². The Morgan fingerprint density at radius 3 is 2.94 bits per heavy atom. The standard InChI is InChI=1S/C14H21ClOS/c1-10(2)8-11-4-3-6-14(16,9-11)13-12(15)5-7-17-13/h5,7,10-11,16H,3-4,6,8-9H2,1-2H3. The molecular weight excluding hydrogens is 252 g/mol. The number of halogens is 1. The van der Waals surface area contributed by atoms with E-state index in [4.69, 9.17) is 11.6 Å². The molecule has 1 nitrogen and oxygen atoms in total. The average molecular weight is 273 g/mol.